The molecule has 10 heteroatoms. The van der Waals surface area contributed by atoms with Crippen molar-refractivity contribution < 1.29 is 14.3 Å². The third-order valence-corrected chi connectivity index (χ3v) is 10.9. The second kappa shape index (κ2) is 11.2. The molecule has 5 atom stereocenters. The monoisotopic (exact) mass is 609 g/mol. The Bertz CT molecular complexity index is 1810. The van der Waals surface area contributed by atoms with Crippen LogP contribution >= 0.6 is 0 Å². The molecule has 2 N–H and O–H groups in total. The van der Waals surface area contributed by atoms with Crippen molar-refractivity contribution in [1.29, 1.82) is 0 Å². The number of pyridine rings is 1. The molecule has 4 aliphatic rings. The van der Waals surface area contributed by atoms with Crippen molar-refractivity contribution in [1.82, 2.24) is 34.6 Å². The average molecular weight is 610 g/mol. The number of amides is 2. The van der Waals surface area contributed by atoms with Crippen LogP contribution in [0.5, 0.6) is 5.75 Å². The molecule has 10 nitrogen and oxygen atoms in total. The number of aromatic nitrogens is 4. The molecule has 6 heterocycles. The summed E-state index contributed by atoms with van der Waals surface area (Å²) in [6.45, 7) is 5.42. The van der Waals surface area contributed by atoms with E-state index in [0.717, 1.165) is 104 Å². The zero-order chi connectivity index (χ0) is 30.8. The number of hydrogen-bond donors (Lipinski definition) is 2. The van der Waals surface area contributed by atoms with Crippen molar-refractivity contribution in [2.45, 2.75) is 70.5 Å². The summed E-state index contributed by atoms with van der Waals surface area (Å²) in [5.74, 6) is 3.01. The number of carbonyl (C=O) groups is 2. The number of fused-ring (bicyclic) bond motifs is 4. The zero-order valence-corrected chi connectivity index (χ0v) is 26.5. The molecule has 0 radical (unpaired) electrons. The molecule has 1 aliphatic carbocycles. The average Bonchev–Trinajstić information content (AvgIpc) is 3.34. The first kappa shape index (κ1) is 28.5. The van der Waals surface area contributed by atoms with E-state index in [0.29, 0.717) is 29.2 Å². The highest BCUT2D eigenvalue weighted by atomic mass is 16.5. The number of imidazole rings is 1. The van der Waals surface area contributed by atoms with Gasteiger partial charge in [0.25, 0.3) is 5.91 Å². The maximum atomic E-state index is 13.8. The molecule has 2 amide bonds. The Kier molecular flexibility index (Phi) is 7.08. The summed E-state index contributed by atoms with van der Waals surface area (Å²) < 4.78 is 10.2. The van der Waals surface area contributed by atoms with Crippen LogP contribution in [0.1, 0.15) is 74.0 Å². The molecule has 3 aromatic heterocycles. The van der Waals surface area contributed by atoms with Crippen LogP contribution < -0.4 is 15.4 Å². The number of nitrogens with zero attached hydrogens (tertiary/aromatic N) is 5. The van der Waals surface area contributed by atoms with Crippen LogP contribution in [0.2, 0.25) is 0 Å². The second-order valence-electron chi connectivity index (χ2n) is 13.7. The van der Waals surface area contributed by atoms with Gasteiger partial charge in [0, 0.05) is 49.6 Å². The fourth-order valence-corrected chi connectivity index (χ4v) is 8.15. The molecule has 8 rings (SSSR count). The Labute approximate surface area is 263 Å². The lowest BCUT2D eigenvalue weighted by Gasteiger charge is -2.35. The number of benzene rings is 1. The number of ether oxygens (including phenoxy) is 1. The summed E-state index contributed by atoms with van der Waals surface area (Å²) in [6, 6.07) is 10.3. The SMILES string of the molecule is COc1cc(C(=O)N2CC[C@@H]3CCN[C@@H]3C2)cc2nc(-c3cc4ccc5nc4n3CCCCC[C@@H]3C[C@H]3C(=O)N[C@@H]5C)n(C)c12. The van der Waals surface area contributed by atoms with Crippen molar-refractivity contribution in [3.63, 3.8) is 0 Å². The molecule has 1 aromatic carbocycles. The Morgan fingerprint density at radius 3 is 2.78 bits per heavy atom. The molecular weight excluding hydrogens is 566 g/mol. The third-order valence-electron chi connectivity index (χ3n) is 10.9. The van der Waals surface area contributed by atoms with Gasteiger partial charge in [-0.05, 0) is 87.7 Å². The Morgan fingerprint density at radius 2 is 1.91 bits per heavy atom. The maximum Gasteiger partial charge on any atom is 0.254 e. The van der Waals surface area contributed by atoms with Crippen molar-refractivity contribution in [3.05, 3.63) is 41.6 Å². The summed E-state index contributed by atoms with van der Waals surface area (Å²) in [5, 5.41) is 7.84. The van der Waals surface area contributed by atoms with E-state index >= 15 is 0 Å². The lowest BCUT2D eigenvalue weighted by molar-refractivity contribution is -0.123. The van der Waals surface area contributed by atoms with Gasteiger partial charge in [0.15, 0.2) is 5.82 Å². The van der Waals surface area contributed by atoms with Gasteiger partial charge < -0.3 is 29.4 Å². The molecule has 0 unspecified atom stereocenters. The standard InChI is InChI=1S/C35H43N7O3/c1-20-26-9-8-23-17-29(42(32(23)38-26)13-6-4-5-7-22-15-25(22)34(43)37-20)33-39-27-16-24(18-30(45-3)31(27)40(33)2)35(44)41-14-11-21-10-12-36-28(21)19-41/h8-9,16-18,20-22,25,28,36H,4-7,10-15,19H2,1-3H3,(H,37,43)/t20-,21+,22-,25-,28-/m1/s1. The minimum absolute atomic E-state index is 0.0345. The second-order valence-corrected chi connectivity index (χ2v) is 13.7. The minimum atomic E-state index is -0.163. The van der Waals surface area contributed by atoms with Crippen molar-refractivity contribution in [2.75, 3.05) is 26.7 Å². The van der Waals surface area contributed by atoms with E-state index in [4.69, 9.17) is 14.7 Å². The number of piperidine rings is 1. The van der Waals surface area contributed by atoms with Gasteiger partial charge in [-0.15, -0.1) is 0 Å². The summed E-state index contributed by atoms with van der Waals surface area (Å²) in [7, 11) is 3.67. The first-order chi connectivity index (χ1) is 21.9. The first-order valence-electron chi connectivity index (χ1n) is 16.8. The molecule has 3 aliphatic heterocycles. The fourth-order valence-electron chi connectivity index (χ4n) is 8.15. The number of rotatable bonds is 3. The lowest BCUT2D eigenvalue weighted by Crippen LogP contribution is -2.48. The van der Waals surface area contributed by atoms with Gasteiger partial charge in [0.1, 0.15) is 16.9 Å². The summed E-state index contributed by atoms with van der Waals surface area (Å²) >= 11 is 0. The molecule has 3 fully saturated rings. The highest BCUT2D eigenvalue weighted by Crippen LogP contribution is 2.43. The zero-order valence-electron chi connectivity index (χ0n) is 26.5. The predicted octanol–water partition coefficient (Wildman–Crippen LogP) is 4.81. The number of likely N-dealkylation sites (tertiary alicyclic amines) is 1. The van der Waals surface area contributed by atoms with Gasteiger partial charge in [0.05, 0.1) is 30.1 Å². The van der Waals surface area contributed by atoms with Crippen LogP contribution in [0.4, 0.5) is 0 Å². The maximum absolute atomic E-state index is 13.8. The van der Waals surface area contributed by atoms with Crippen LogP contribution in [0.15, 0.2) is 30.3 Å². The smallest absolute Gasteiger partial charge is 0.254 e. The van der Waals surface area contributed by atoms with Crippen molar-refractivity contribution in [2.24, 2.45) is 24.8 Å². The van der Waals surface area contributed by atoms with Crippen molar-refractivity contribution in [3.8, 4) is 17.3 Å². The molecule has 1 saturated carbocycles. The van der Waals surface area contributed by atoms with Crippen molar-refractivity contribution >= 4 is 33.9 Å². The first-order valence-corrected chi connectivity index (χ1v) is 16.8. The molecular formula is C35H43N7O3. The molecule has 0 spiro atoms. The van der Waals surface area contributed by atoms with Gasteiger partial charge in [-0.3, -0.25) is 9.59 Å². The van der Waals surface area contributed by atoms with E-state index in [1.54, 1.807) is 7.11 Å². The number of nitrogens with one attached hydrogen (secondary N) is 2. The third kappa shape index (κ3) is 4.98. The van der Waals surface area contributed by atoms with Gasteiger partial charge in [-0.2, -0.15) is 0 Å². The van der Waals surface area contributed by atoms with Gasteiger partial charge in [-0.25, -0.2) is 9.97 Å². The fraction of sp³-hybridized carbons (Fsp3) is 0.543. The Morgan fingerprint density at radius 1 is 1.02 bits per heavy atom. The molecule has 2 bridgehead atoms. The number of methoxy groups -OCH3 is 1. The molecule has 4 aromatic rings. The number of aryl methyl sites for hydroxylation is 2. The quantitative estimate of drug-likeness (QED) is 0.346. The normalized spacial score (nSPS) is 26.9. The van der Waals surface area contributed by atoms with Crippen LogP contribution in [0, 0.1) is 17.8 Å². The number of carbonyl (C=O) groups excluding carboxylic acids is 2. The van der Waals surface area contributed by atoms with Crippen LogP contribution in [0.3, 0.4) is 0 Å². The van der Waals surface area contributed by atoms with Gasteiger partial charge in [0.2, 0.25) is 5.91 Å². The molecule has 236 valence electrons. The highest BCUT2D eigenvalue weighted by Gasteiger charge is 2.42. The van der Waals surface area contributed by atoms with E-state index in [-0.39, 0.29) is 23.8 Å². The van der Waals surface area contributed by atoms with Gasteiger partial charge in [-0.1, -0.05) is 12.8 Å². The largest absolute Gasteiger partial charge is 0.494 e. The van der Waals surface area contributed by atoms with E-state index in [2.05, 4.69) is 31.9 Å². The van der Waals surface area contributed by atoms with E-state index in [9.17, 15) is 9.59 Å². The van der Waals surface area contributed by atoms with Gasteiger partial charge >= 0.3 is 0 Å². The van der Waals surface area contributed by atoms with E-state index in [1.807, 2.05) is 37.1 Å². The van der Waals surface area contributed by atoms with E-state index < -0.39 is 0 Å². The molecule has 2 saturated heterocycles. The summed E-state index contributed by atoms with van der Waals surface area (Å²) in [4.78, 5) is 38.9. The highest BCUT2D eigenvalue weighted by molar-refractivity contribution is 6.00. The summed E-state index contributed by atoms with van der Waals surface area (Å²) in [6.07, 6.45) is 7.64. The van der Waals surface area contributed by atoms with Crippen LogP contribution in [-0.2, 0) is 18.4 Å². The summed E-state index contributed by atoms with van der Waals surface area (Å²) in [5.41, 5.74) is 4.98. The topological polar surface area (TPSA) is 106 Å². The van der Waals surface area contributed by atoms with E-state index in [1.165, 1.54) is 6.42 Å². The van der Waals surface area contributed by atoms with Crippen LogP contribution in [0.25, 0.3) is 33.6 Å². The Hall–Kier alpha value is -3.92. The van der Waals surface area contributed by atoms with Crippen LogP contribution in [-0.4, -0.2) is 68.6 Å². The molecule has 45 heavy (non-hydrogen) atoms. The number of hydrogen-bond acceptors (Lipinski definition) is 6. The lowest BCUT2D eigenvalue weighted by atomic mass is 9.92. The Balaban J connectivity index is 1.17. The minimum Gasteiger partial charge on any atom is -0.494 e. The predicted molar refractivity (Wildman–Crippen MR) is 173 cm³/mol.